The van der Waals surface area contributed by atoms with Crippen LogP contribution in [-0.2, 0) is 6.42 Å². The van der Waals surface area contributed by atoms with Gasteiger partial charge in [-0.1, -0.05) is 32.0 Å². The number of para-hydroxylation sites is 1. The summed E-state index contributed by atoms with van der Waals surface area (Å²) in [4.78, 5) is 0. The first kappa shape index (κ1) is 9.53. The Morgan fingerprint density at radius 2 is 2.07 bits per heavy atom. The Hall–Kier alpha value is -1.02. The Morgan fingerprint density at radius 3 is 2.79 bits per heavy atom. The van der Waals surface area contributed by atoms with Gasteiger partial charge in [-0.15, -0.1) is 0 Å². The van der Waals surface area contributed by atoms with Crippen LogP contribution in [0, 0.1) is 5.92 Å². The van der Waals surface area contributed by atoms with Gasteiger partial charge < -0.3 is 10.5 Å². The third-order valence-corrected chi connectivity index (χ3v) is 2.77. The summed E-state index contributed by atoms with van der Waals surface area (Å²) >= 11 is 0. The highest BCUT2D eigenvalue weighted by atomic mass is 16.5. The van der Waals surface area contributed by atoms with Crippen LogP contribution in [0.3, 0.4) is 0 Å². The normalized spacial score (nSPS) is 25.7. The lowest BCUT2D eigenvalue weighted by Gasteiger charge is -2.33. The van der Waals surface area contributed by atoms with Gasteiger partial charge in [0.05, 0.1) is 0 Å². The van der Waals surface area contributed by atoms with Crippen LogP contribution in [-0.4, -0.2) is 12.1 Å². The van der Waals surface area contributed by atoms with Crippen molar-refractivity contribution in [2.75, 3.05) is 0 Å². The lowest BCUT2D eigenvalue weighted by atomic mass is 9.91. The highest BCUT2D eigenvalue weighted by molar-refractivity contribution is 5.36. The highest BCUT2D eigenvalue weighted by Crippen LogP contribution is 2.29. The van der Waals surface area contributed by atoms with Crippen molar-refractivity contribution in [1.82, 2.24) is 0 Å². The SMILES string of the molecule is CC(C)[C@@H]1Oc2ccccc2C[C@@H]1N. The molecular weight excluding hydrogens is 174 g/mol. The molecule has 14 heavy (non-hydrogen) atoms. The van der Waals surface area contributed by atoms with Gasteiger partial charge in [-0.2, -0.15) is 0 Å². The molecule has 0 fully saturated rings. The van der Waals surface area contributed by atoms with Crippen molar-refractivity contribution in [3.63, 3.8) is 0 Å². The van der Waals surface area contributed by atoms with Gasteiger partial charge in [-0.3, -0.25) is 0 Å². The molecule has 2 heteroatoms. The van der Waals surface area contributed by atoms with Gasteiger partial charge in [-0.25, -0.2) is 0 Å². The number of fused-ring (bicyclic) bond motifs is 1. The molecule has 2 N–H and O–H groups in total. The van der Waals surface area contributed by atoms with Gasteiger partial charge in [0.1, 0.15) is 11.9 Å². The molecule has 1 aliphatic rings. The smallest absolute Gasteiger partial charge is 0.123 e. The van der Waals surface area contributed by atoms with Crippen molar-refractivity contribution in [2.24, 2.45) is 11.7 Å². The molecule has 1 aromatic rings. The quantitative estimate of drug-likeness (QED) is 0.736. The maximum Gasteiger partial charge on any atom is 0.123 e. The molecule has 0 spiro atoms. The molecule has 0 saturated heterocycles. The number of rotatable bonds is 1. The monoisotopic (exact) mass is 191 g/mol. The molecule has 2 rings (SSSR count). The van der Waals surface area contributed by atoms with Crippen molar-refractivity contribution >= 4 is 0 Å². The lowest BCUT2D eigenvalue weighted by molar-refractivity contribution is 0.107. The van der Waals surface area contributed by atoms with Gasteiger partial charge in [-0.05, 0) is 24.0 Å². The summed E-state index contributed by atoms with van der Waals surface area (Å²) in [5.41, 5.74) is 7.30. The third-order valence-electron chi connectivity index (χ3n) is 2.77. The summed E-state index contributed by atoms with van der Waals surface area (Å²) in [7, 11) is 0. The predicted octanol–water partition coefficient (Wildman–Crippen LogP) is 1.97. The maximum atomic E-state index is 6.07. The molecular formula is C12H17NO. The fourth-order valence-corrected chi connectivity index (χ4v) is 2.02. The topological polar surface area (TPSA) is 35.2 Å². The van der Waals surface area contributed by atoms with Gasteiger partial charge in [0.2, 0.25) is 0 Å². The Morgan fingerprint density at radius 1 is 1.36 bits per heavy atom. The summed E-state index contributed by atoms with van der Waals surface area (Å²) in [6, 6.07) is 8.28. The second-order valence-electron chi connectivity index (χ2n) is 4.30. The van der Waals surface area contributed by atoms with Crippen LogP contribution in [0.15, 0.2) is 24.3 Å². The van der Waals surface area contributed by atoms with E-state index in [-0.39, 0.29) is 12.1 Å². The van der Waals surface area contributed by atoms with E-state index in [4.69, 9.17) is 10.5 Å². The molecule has 0 radical (unpaired) electrons. The Labute approximate surface area is 85.1 Å². The molecule has 76 valence electrons. The molecule has 0 aliphatic carbocycles. The first-order valence-electron chi connectivity index (χ1n) is 5.18. The molecule has 1 aliphatic heterocycles. The first-order chi connectivity index (χ1) is 6.68. The molecule has 2 atom stereocenters. The molecule has 0 bridgehead atoms. The van der Waals surface area contributed by atoms with Crippen molar-refractivity contribution < 1.29 is 4.74 Å². The second-order valence-corrected chi connectivity index (χ2v) is 4.30. The Bertz CT molecular complexity index is 322. The fourth-order valence-electron chi connectivity index (χ4n) is 2.02. The highest BCUT2D eigenvalue weighted by Gasteiger charge is 2.28. The minimum absolute atomic E-state index is 0.130. The summed E-state index contributed by atoms with van der Waals surface area (Å²) in [6.45, 7) is 4.30. The van der Waals surface area contributed by atoms with Gasteiger partial charge in [0, 0.05) is 6.04 Å². The van der Waals surface area contributed by atoms with Gasteiger partial charge in [0.15, 0.2) is 0 Å². The van der Waals surface area contributed by atoms with E-state index >= 15 is 0 Å². The Balaban J connectivity index is 2.27. The second kappa shape index (κ2) is 3.62. The minimum Gasteiger partial charge on any atom is -0.488 e. The van der Waals surface area contributed by atoms with Crippen molar-refractivity contribution in [2.45, 2.75) is 32.4 Å². The van der Waals surface area contributed by atoms with E-state index in [0.717, 1.165) is 12.2 Å². The van der Waals surface area contributed by atoms with Crippen LogP contribution >= 0.6 is 0 Å². The zero-order valence-electron chi connectivity index (χ0n) is 8.73. The minimum atomic E-state index is 0.130. The van der Waals surface area contributed by atoms with Crippen LogP contribution in [0.5, 0.6) is 5.75 Å². The molecule has 2 nitrogen and oxygen atoms in total. The number of ether oxygens (including phenoxy) is 1. The predicted molar refractivity (Wildman–Crippen MR) is 57.4 cm³/mol. The molecule has 1 heterocycles. The van der Waals surface area contributed by atoms with Crippen LogP contribution in [0.25, 0.3) is 0 Å². The zero-order valence-corrected chi connectivity index (χ0v) is 8.73. The van der Waals surface area contributed by atoms with E-state index in [0.29, 0.717) is 5.92 Å². The Kier molecular flexibility index (Phi) is 2.46. The number of nitrogens with two attached hydrogens (primary N) is 1. The summed E-state index contributed by atoms with van der Waals surface area (Å²) < 4.78 is 5.88. The van der Waals surface area contributed by atoms with Gasteiger partial charge in [0.25, 0.3) is 0 Å². The van der Waals surface area contributed by atoms with Crippen LogP contribution in [0.4, 0.5) is 0 Å². The molecule has 0 amide bonds. The standard InChI is InChI=1S/C12H17NO/c1-8(2)12-10(13)7-9-5-3-4-6-11(9)14-12/h3-6,8,10,12H,7,13H2,1-2H3/t10-,12-/m0/s1. The summed E-state index contributed by atoms with van der Waals surface area (Å²) in [5.74, 6) is 1.48. The molecule has 1 aromatic carbocycles. The summed E-state index contributed by atoms with van der Waals surface area (Å²) in [6.07, 6.45) is 1.09. The third kappa shape index (κ3) is 1.62. The van der Waals surface area contributed by atoms with Crippen LogP contribution < -0.4 is 10.5 Å². The van der Waals surface area contributed by atoms with Crippen LogP contribution in [0.1, 0.15) is 19.4 Å². The van der Waals surface area contributed by atoms with Crippen molar-refractivity contribution in [3.05, 3.63) is 29.8 Å². The molecule has 0 saturated carbocycles. The van der Waals surface area contributed by atoms with Gasteiger partial charge >= 0.3 is 0 Å². The van der Waals surface area contributed by atoms with E-state index < -0.39 is 0 Å². The van der Waals surface area contributed by atoms with E-state index in [2.05, 4.69) is 19.9 Å². The number of benzene rings is 1. The first-order valence-corrected chi connectivity index (χ1v) is 5.18. The van der Waals surface area contributed by atoms with E-state index in [1.165, 1.54) is 5.56 Å². The van der Waals surface area contributed by atoms with E-state index in [1.54, 1.807) is 0 Å². The average molecular weight is 191 g/mol. The van der Waals surface area contributed by atoms with Crippen LogP contribution in [0.2, 0.25) is 0 Å². The van der Waals surface area contributed by atoms with E-state index in [1.807, 2.05) is 18.2 Å². The zero-order chi connectivity index (χ0) is 10.1. The number of hydrogen-bond acceptors (Lipinski definition) is 2. The number of hydrogen-bond donors (Lipinski definition) is 1. The molecule has 0 aromatic heterocycles. The summed E-state index contributed by atoms with van der Waals surface area (Å²) in [5, 5.41) is 0. The fraction of sp³-hybridized carbons (Fsp3) is 0.500. The lowest BCUT2D eigenvalue weighted by Crippen LogP contribution is -2.46. The largest absolute Gasteiger partial charge is 0.488 e. The van der Waals surface area contributed by atoms with Crippen molar-refractivity contribution in [1.29, 1.82) is 0 Å². The van der Waals surface area contributed by atoms with Crippen molar-refractivity contribution in [3.8, 4) is 5.75 Å². The maximum absolute atomic E-state index is 6.07. The van der Waals surface area contributed by atoms with E-state index in [9.17, 15) is 0 Å². The molecule has 0 unspecified atom stereocenters. The average Bonchev–Trinajstić information content (AvgIpc) is 2.16.